The molecule has 7 heteroatoms. The van der Waals surface area contributed by atoms with Crippen molar-refractivity contribution in [2.24, 2.45) is 11.1 Å². The second-order valence-corrected chi connectivity index (χ2v) is 7.37. The van der Waals surface area contributed by atoms with Crippen LogP contribution >= 0.6 is 0 Å². The lowest BCUT2D eigenvalue weighted by atomic mass is 9.94. The second-order valence-electron chi connectivity index (χ2n) is 5.39. The van der Waals surface area contributed by atoms with E-state index in [-0.39, 0.29) is 10.3 Å². The van der Waals surface area contributed by atoms with Crippen molar-refractivity contribution < 1.29 is 8.42 Å². The van der Waals surface area contributed by atoms with E-state index in [9.17, 15) is 8.42 Å². The number of nitrogens with zero attached hydrogens (tertiary/aromatic N) is 2. The van der Waals surface area contributed by atoms with Crippen molar-refractivity contribution in [3.05, 3.63) is 11.4 Å². The van der Waals surface area contributed by atoms with Gasteiger partial charge in [0.15, 0.2) is 0 Å². The minimum Gasteiger partial charge on any atom is -0.330 e. The topological polar surface area (TPSA) is 92.1 Å². The van der Waals surface area contributed by atoms with Crippen molar-refractivity contribution >= 4 is 10.0 Å². The lowest BCUT2D eigenvalue weighted by Crippen LogP contribution is -2.40. The summed E-state index contributed by atoms with van der Waals surface area (Å²) >= 11 is 0. The Morgan fingerprint density at radius 3 is 2.33 bits per heavy atom. The van der Waals surface area contributed by atoms with Crippen molar-refractivity contribution in [3.63, 3.8) is 0 Å². The molecule has 1 aromatic heterocycles. The van der Waals surface area contributed by atoms with Gasteiger partial charge in [-0.1, -0.05) is 13.8 Å². The fourth-order valence-corrected chi connectivity index (χ4v) is 3.51. The molecule has 0 fully saturated rings. The van der Waals surface area contributed by atoms with Gasteiger partial charge in [0.05, 0.1) is 11.4 Å². The highest BCUT2D eigenvalue weighted by molar-refractivity contribution is 7.89. The molecule has 1 heterocycles. The van der Waals surface area contributed by atoms with Crippen LogP contribution in [0.2, 0.25) is 0 Å². The Morgan fingerprint density at radius 1 is 1.39 bits per heavy atom. The summed E-state index contributed by atoms with van der Waals surface area (Å²) in [6.45, 7) is 8.06. The van der Waals surface area contributed by atoms with E-state index in [2.05, 4.69) is 10.2 Å². The van der Waals surface area contributed by atoms with Gasteiger partial charge < -0.3 is 5.73 Å². The molecule has 0 unspecified atom stereocenters. The SMILES string of the molecule is Cc1n[nH]c(C)c1S(=O)(=O)N(C)CC(C)(C)CN. The molecular weight excluding hydrogens is 252 g/mol. The van der Waals surface area contributed by atoms with Gasteiger partial charge in [-0.25, -0.2) is 12.7 Å². The molecule has 0 bridgehead atoms. The lowest BCUT2D eigenvalue weighted by Gasteiger charge is -2.28. The van der Waals surface area contributed by atoms with Gasteiger partial charge in [0.25, 0.3) is 0 Å². The van der Waals surface area contributed by atoms with E-state index in [0.717, 1.165) is 0 Å². The number of aromatic amines is 1. The predicted molar refractivity (Wildman–Crippen MR) is 70.7 cm³/mol. The Bertz CT molecular complexity index is 500. The molecule has 1 aromatic rings. The molecule has 1 rings (SSSR count). The zero-order valence-corrected chi connectivity index (χ0v) is 12.4. The van der Waals surface area contributed by atoms with Crippen LogP contribution in [0.15, 0.2) is 4.90 Å². The van der Waals surface area contributed by atoms with E-state index in [4.69, 9.17) is 5.73 Å². The highest BCUT2D eigenvalue weighted by Gasteiger charge is 2.30. The number of hydrogen-bond acceptors (Lipinski definition) is 4. The van der Waals surface area contributed by atoms with Crippen molar-refractivity contribution in [1.82, 2.24) is 14.5 Å². The molecule has 3 N–H and O–H groups in total. The minimum absolute atomic E-state index is 0.257. The maximum atomic E-state index is 12.5. The summed E-state index contributed by atoms with van der Waals surface area (Å²) in [5.41, 5.74) is 6.43. The smallest absolute Gasteiger partial charge is 0.246 e. The molecule has 0 saturated carbocycles. The molecule has 0 aliphatic heterocycles. The average Bonchev–Trinajstić information content (AvgIpc) is 2.58. The number of sulfonamides is 1. The van der Waals surface area contributed by atoms with Crippen LogP contribution in [0.3, 0.4) is 0 Å². The standard InChI is InChI=1S/C11H22N4O2S/c1-8-10(9(2)14-13-8)18(16,17)15(5)7-11(3,4)6-12/h6-7,12H2,1-5H3,(H,13,14). The Hall–Kier alpha value is -0.920. The predicted octanol–water partition coefficient (Wildman–Crippen LogP) is 0.632. The Labute approximate surface area is 109 Å². The third-order valence-corrected chi connectivity index (χ3v) is 5.00. The molecule has 0 aromatic carbocycles. The summed E-state index contributed by atoms with van der Waals surface area (Å²) in [6, 6.07) is 0. The zero-order chi connectivity index (χ0) is 14.1. The van der Waals surface area contributed by atoms with Gasteiger partial charge in [-0.15, -0.1) is 0 Å². The van der Waals surface area contributed by atoms with Crippen LogP contribution in [0, 0.1) is 19.3 Å². The van der Waals surface area contributed by atoms with Crippen LogP contribution < -0.4 is 5.73 Å². The molecule has 0 spiro atoms. The zero-order valence-electron chi connectivity index (χ0n) is 11.6. The maximum absolute atomic E-state index is 12.5. The third kappa shape index (κ3) is 2.90. The van der Waals surface area contributed by atoms with Crippen LogP contribution in [0.5, 0.6) is 0 Å². The van der Waals surface area contributed by atoms with E-state index in [0.29, 0.717) is 24.5 Å². The van der Waals surface area contributed by atoms with Gasteiger partial charge in [0.1, 0.15) is 4.90 Å². The van der Waals surface area contributed by atoms with E-state index < -0.39 is 10.0 Å². The number of hydrogen-bond donors (Lipinski definition) is 2. The molecule has 18 heavy (non-hydrogen) atoms. The summed E-state index contributed by atoms with van der Waals surface area (Å²) in [4.78, 5) is 0.262. The van der Waals surface area contributed by atoms with Crippen LogP contribution in [-0.2, 0) is 10.0 Å². The first-order valence-electron chi connectivity index (χ1n) is 5.80. The molecule has 0 amide bonds. The van der Waals surface area contributed by atoms with Gasteiger partial charge in [-0.3, -0.25) is 5.10 Å². The van der Waals surface area contributed by atoms with E-state index in [1.165, 1.54) is 4.31 Å². The summed E-state index contributed by atoms with van der Waals surface area (Å²) in [5.74, 6) is 0. The van der Waals surface area contributed by atoms with Gasteiger partial charge in [-0.2, -0.15) is 5.10 Å². The maximum Gasteiger partial charge on any atom is 0.246 e. The van der Waals surface area contributed by atoms with Crippen molar-refractivity contribution in [2.45, 2.75) is 32.6 Å². The molecule has 0 radical (unpaired) electrons. The number of rotatable bonds is 5. The fraction of sp³-hybridized carbons (Fsp3) is 0.727. The molecule has 104 valence electrons. The monoisotopic (exact) mass is 274 g/mol. The van der Waals surface area contributed by atoms with Crippen LogP contribution in [0.1, 0.15) is 25.2 Å². The Kier molecular flexibility index (Phi) is 4.19. The lowest BCUT2D eigenvalue weighted by molar-refractivity contribution is 0.292. The molecule has 0 aliphatic rings. The largest absolute Gasteiger partial charge is 0.330 e. The van der Waals surface area contributed by atoms with Crippen LogP contribution in [-0.4, -0.2) is 43.1 Å². The summed E-state index contributed by atoms with van der Waals surface area (Å²) < 4.78 is 26.2. The highest BCUT2D eigenvalue weighted by Crippen LogP contribution is 2.23. The molecule has 0 saturated heterocycles. The van der Waals surface area contributed by atoms with Crippen molar-refractivity contribution in [3.8, 4) is 0 Å². The molecular formula is C11H22N4O2S. The summed E-state index contributed by atoms with van der Waals surface area (Å²) in [5, 5.41) is 6.62. The second kappa shape index (κ2) is 4.99. The first kappa shape index (κ1) is 15.1. The molecule has 0 atom stereocenters. The fourth-order valence-electron chi connectivity index (χ4n) is 1.83. The first-order chi connectivity index (χ1) is 8.12. The summed E-state index contributed by atoms with van der Waals surface area (Å²) in [6.07, 6.45) is 0. The minimum atomic E-state index is -3.52. The first-order valence-corrected chi connectivity index (χ1v) is 7.24. The van der Waals surface area contributed by atoms with Crippen LogP contribution in [0.4, 0.5) is 0 Å². The number of aromatic nitrogens is 2. The Balaban J connectivity index is 3.09. The van der Waals surface area contributed by atoms with Crippen molar-refractivity contribution in [1.29, 1.82) is 0 Å². The normalized spacial score (nSPS) is 13.3. The van der Waals surface area contributed by atoms with E-state index in [1.807, 2.05) is 13.8 Å². The van der Waals surface area contributed by atoms with E-state index in [1.54, 1.807) is 20.9 Å². The summed E-state index contributed by atoms with van der Waals surface area (Å²) in [7, 11) is -1.95. The average molecular weight is 274 g/mol. The number of H-pyrrole nitrogens is 1. The number of nitrogens with one attached hydrogen (secondary N) is 1. The Morgan fingerprint density at radius 2 is 1.94 bits per heavy atom. The number of nitrogens with two attached hydrogens (primary N) is 1. The van der Waals surface area contributed by atoms with Gasteiger partial charge in [0.2, 0.25) is 10.0 Å². The number of aryl methyl sites for hydroxylation is 2. The highest BCUT2D eigenvalue weighted by atomic mass is 32.2. The van der Waals surface area contributed by atoms with Crippen LogP contribution in [0.25, 0.3) is 0 Å². The van der Waals surface area contributed by atoms with Gasteiger partial charge in [-0.05, 0) is 25.8 Å². The van der Waals surface area contributed by atoms with Crippen molar-refractivity contribution in [2.75, 3.05) is 20.1 Å². The quantitative estimate of drug-likeness (QED) is 0.824. The van der Waals surface area contributed by atoms with Gasteiger partial charge >= 0.3 is 0 Å². The van der Waals surface area contributed by atoms with Gasteiger partial charge in [0, 0.05) is 13.6 Å². The third-order valence-electron chi connectivity index (χ3n) is 2.93. The molecule has 6 nitrogen and oxygen atoms in total. The molecule has 0 aliphatic carbocycles. The van der Waals surface area contributed by atoms with E-state index >= 15 is 0 Å².